The van der Waals surface area contributed by atoms with Crippen molar-refractivity contribution in [3.05, 3.63) is 24.3 Å². The van der Waals surface area contributed by atoms with E-state index in [-0.39, 0.29) is 0 Å². The van der Waals surface area contributed by atoms with E-state index >= 15 is 0 Å². The molecule has 4 nitrogen and oxygen atoms in total. The smallest absolute Gasteiger partial charge is 0.349 e. The van der Waals surface area contributed by atoms with Crippen LogP contribution in [0.4, 0.5) is 11.4 Å². The van der Waals surface area contributed by atoms with Crippen molar-refractivity contribution in [1.29, 1.82) is 0 Å². The Labute approximate surface area is 82.4 Å². The number of ether oxygens (including phenoxy) is 1. The number of anilines is 1. The first-order valence-corrected chi connectivity index (χ1v) is 4.28. The minimum Gasteiger partial charge on any atom is -0.462 e. The van der Waals surface area contributed by atoms with Gasteiger partial charge in [-0.25, -0.2) is 9.79 Å². The molecule has 0 saturated carbocycles. The molecule has 1 rings (SSSR count). The summed E-state index contributed by atoms with van der Waals surface area (Å²) in [6.45, 7) is 2.10. The zero-order valence-electron chi connectivity index (χ0n) is 7.93. The van der Waals surface area contributed by atoms with Gasteiger partial charge < -0.3 is 10.5 Å². The molecule has 0 amide bonds. The van der Waals surface area contributed by atoms with Gasteiger partial charge in [-0.3, -0.25) is 0 Å². The Bertz CT molecular complexity index is 330. The van der Waals surface area contributed by atoms with Crippen LogP contribution in [0.15, 0.2) is 29.3 Å². The standard InChI is InChI=1S/C10H12N2O2/c1-2-14-10(13)7-12-9-5-3-8(11)4-6-9/h3-7H,2,11H2,1H3. The van der Waals surface area contributed by atoms with E-state index in [1.54, 1.807) is 31.2 Å². The zero-order valence-corrected chi connectivity index (χ0v) is 7.93. The lowest BCUT2D eigenvalue weighted by molar-refractivity contribution is -0.134. The molecule has 0 aliphatic carbocycles. The number of carbonyl (C=O) groups excluding carboxylic acids is 1. The zero-order chi connectivity index (χ0) is 10.4. The Morgan fingerprint density at radius 2 is 2.14 bits per heavy atom. The van der Waals surface area contributed by atoms with Crippen molar-refractivity contribution in [3.63, 3.8) is 0 Å². The maximum Gasteiger partial charge on any atom is 0.349 e. The van der Waals surface area contributed by atoms with Gasteiger partial charge in [-0.15, -0.1) is 0 Å². The molecule has 1 aromatic rings. The van der Waals surface area contributed by atoms with Crippen molar-refractivity contribution in [3.8, 4) is 0 Å². The van der Waals surface area contributed by atoms with E-state index in [9.17, 15) is 4.79 Å². The molecule has 74 valence electrons. The highest BCUT2D eigenvalue weighted by molar-refractivity contribution is 6.23. The van der Waals surface area contributed by atoms with Crippen LogP contribution in [0.3, 0.4) is 0 Å². The van der Waals surface area contributed by atoms with Crippen molar-refractivity contribution in [2.45, 2.75) is 6.92 Å². The van der Waals surface area contributed by atoms with Crippen LogP contribution < -0.4 is 5.73 Å². The molecule has 0 fully saturated rings. The fourth-order valence-corrected chi connectivity index (χ4v) is 0.867. The Morgan fingerprint density at radius 3 is 2.71 bits per heavy atom. The molecule has 0 unspecified atom stereocenters. The van der Waals surface area contributed by atoms with E-state index in [1.807, 2.05) is 0 Å². The molecule has 0 spiro atoms. The molecule has 0 radical (unpaired) electrons. The predicted molar refractivity (Wildman–Crippen MR) is 55.6 cm³/mol. The van der Waals surface area contributed by atoms with E-state index in [1.165, 1.54) is 0 Å². The Kier molecular flexibility index (Phi) is 3.67. The number of rotatable bonds is 3. The maximum absolute atomic E-state index is 10.9. The Balaban J connectivity index is 2.60. The number of nitrogens with two attached hydrogens (primary N) is 1. The van der Waals surface area contributed by atoms with E-state index in [0.29, 0.717) is 18.0 Å². The molecule has 0 saturated heterocycles. The Hall–Kier alpha value is -1.84. The monoisotopic (exact) mass is 192 g/mol. The van der Waals surface area contributed by atoms with Gasteiger partial charge in [0.2, 0.25) is 0 Å². The van der Waals surface area contributed by atoms with Crippen LogP contribution in [0.5, 0.6) is 0 Å². The van der Waals surface area contributed by atoms with Crippen LogP contribution in [-0.4, -0.2) is 18.8 Å². The van der Waals surface area contributed by atoms with Crippen LogP contribution in [-0.2, 0) is 9.53 Å². The highest BCUT2D eigenvalue weighted by atomic mass is 16.5. The van der Waals surface area contributed by atoms with Crippen molar-refractivity contribution in [1.82, 2.24) is 0 Å². The van der Waals surface area contributed by atoms with Gasteiger partial charge in [0, 0.05) is 5.69 Å². The third-order valence-corrected chi connectivity index (χ3v) is 1.50. The summed E-state index contributed by atoms with van der Waals surface area (Å²) in [5.41, 5.74) is 6.83. The van der Waals surface area contributed by atoms with E-state index in [4.69, 9.17) is 5.73 Å². The van der Waals surface area contributed by atoms with Gasteiger partial charge in [-0.05, 0) is 31.2 Å². The Morgan fingerprint density at radius 1 is 1.50 bits per heavy atom. The summed E-state index contributed by atoms with van der Waals surface area (Å²) >= 11 is 0. The number of esters is 1. The fraction of sp³-hybridized carbons (Fsp3) is 0.200. The van der Waals surface area contributed by atoms with Crippen LogP contribution in [0.2, 0.25) is 0 Å². The van der Waals surface area contributed by atoms with Crippen molar-refractivity contribution >= 4 is 23.6 Å². The van der Waals surface area contributed by atoms with E-state index in [0.717, 1.165) is 6.21 Å². The van der Waals surface area contributed by atoms with Crippen LogP contribution in [0.1, 0.15) is 6.92 Å². The normalized spacial score (nSPS) is 10.4. The van der Waals surface area contributed by atoms with E-state index < -0.39 is 5.97 Å². The van der Waals surface area contributed by atoms with Gasteiger partial charge in [0.05, 0.1) is 12.3 Å². The molecular formula is C10H12N2O2. The first kappa shape index (κ1) is 10.2. The number of hydrogen-bond donors (Lipinski definition) is 1. The molecule has 0 atom stereocenters. The summed E-state index contributed by atoms with van der Waals surface area (Å²) in [5, 5.41) is 0. The second-order valence-electron chi connectivity index (χ2n) is 2.60. The largest absolute Gasteiger partial charge is 0.462 e. The molecule has 0 aromatic heterocycles. The summed E-state index contributed by atoms with van der Waals surface area (Å²) in [5.74, 6) is -0.440. The van der Waals surface area contributed by atoms with Gasteiger partial charge in [-0.1, -0.05) is 0 Å². The first-order valence-electron chi connectivity index (χ1n) is 4.28. The van der Waals surface area contributed by atoms with Gasteiger partial charge in [-0.2, -0.15) is 0 Å². The minimum absolute atomic E-state index is 0.354. The van der Waals surface area contributed by atoms with Crippen molar-refractivity contribution < 1.29 is 9.53 Å². The molecule has 4 heteroatoms. The van der Waals surface area contributed by atoms with Gasteiger partial charge in [0.1, 0.15) is 6.21 Å². The molecule has 0 heterocycles. The van der Waals surface area contributed by atoms with Crippen LogP contribution >= 0.6 is 0 Å². The average Bonchev–Trinajstić information content (AvgIpc) is 2.17. The predicted octanol–water partition coefficient (Wildman–Crippen LogP) is 1.53. The third kappa shape index (κ3) is 3.26. The average molecular weight is 192 g/mol. The summed E-state index contributed by atoms with van der Waals surface area (Å²) in [6, 6.07) is 6.89. The lowest BCUT2D eigenvalue weighted by Gasteiger charge is -1.95. The number of aliphatic imine (C=N–C) groups is 1. The summed E-state index contributed by atoms with van der Waals surface area (Å²) in [4.78, 5) is 14.8. The van der Waals surface area contributed by atoms with Crippen LogP contribution in [0, 0.1) is 0 Å². The number of carbonyl (C=O) groups is 1. The lowest BCUT2D eigenvalue weighted by Crippen LogP contribution is -2.04. The van der Waals surface area contributed by atoms with Crippen molar-refractivity contribution in [2.24, 2.45) is 4.99 Å². The summed E-state index contributed by atoms with van der Waals surface area (Å²) in [7, 11) is 0. The first-order chi connectivity index (χ1) is 6.72. The van der Waals surface area contributed by atoms with E-state index in [2.05, 4.69) is 9.73 Å². The van der Waals surface area contributed by atoms with Gasteiger partial charge >= 0.3 is 5.97 Å². The van der Waals surface area contributed by atoms with Crippen molar-refractivity contribution in [2.75, 3.05) is 12.3 Å². The summed E-state index contributed by atoms with van der Waals surface area (Å²) < 4.78 is 4.67. The number of nitrogen functional groups attached to an aromatic ring is 1. The number of hydrogen-bond acceptors (Lipinski definition) is 4. The molecular weight excluding hydrogens is 180 g/mol. The topological polar surface area (TPSA) is 64.7 Å². The quantitative estimate of drug-likeness (QED) is 0.448. The molecule has 2 N–H and O–H groups in total. The fourth-order valence-electron chi connectivity index (χ4n) is 0.867. The molecule has 0 aliphatic heterocycles. The maximum atomic E-state index is 10.9. The molecule has 1 aromatic carbocycles. The molecule has 0 bridgehead atoms. The SMILES string of the molecule is CCOC(=O)C=Nc1ccc(N)cc1. The second-order valence-corrected chi connectivity index (χ2v) is 2.60. The second kappa shape index (κ2) is 5.01. The minimum atomic E-state index is -0.440. The van der Waals surface area contributed by atoms with Crippen LogP contribution in [0.25, 0.3) is 0 Å². The highest BCUT2D eigenvalue weighted by Crippen LogP contribution is 2.12. The number of nitrogens with zero attached hydrogens (tertiary/aromatic N) is 1. The molecule has 14 heavy (non-hydrogen) atoms. The lowest BCUT2D eigenvalue weighted by atomic mass is 10.3. The number of benzene rings is 1. The highest BCUT2D eigenvalue weighted by Gasteiger charge is 1.94. The van der Waals surface area contributed by atoms with Gasteiger partial charge in [0.25, 0.3) is 0 Å². The summed E-state index contributed by atoms with van der Waals surface area (Å²) in [6.07, 6.45) is 1.15. The third-order valence-electron chi connectivity index (χ3n) is 1.50. The molecule has 0 aliphatic rings. The van der Waals surface area contributed by atoms with Gasteiger partial charge in [0.15, 0.2) is 0 Å².